The molecule has 0 radical (unpaired) electrons. The van der Waals surface area contributed by atoms with Crippen LogP contribution in [0.25, 0.3) is 0 Å². The Balaban J connectivity index is 2.00. The van der Waals surface area contributed by atoms with Crippen molar-refractivity contribution in [2.45, 2.75) is 60.3 Å². The number of nitrogens with zero attached hydrogens (tertiary/aromatic N) is 1. The highest BCUT2D eigenvalue weighted by molar-refractivity contribution is 5.99. The van der Waals surface area contributed by atoms with E-state index >= 15 is 0 Å². The van der Waals surface area contributed by atoms with Gasteiger partial charge in [0.1, 0.15) is 0 Å². The van der Waals surface area contributed by atoms with Crippen LogP contribution in [-0.2, 0) is 0 Å². The Morgan fingerprint density at radius 2 is 2.21 bits per heavy atom. The van der Waals surface area contributed by atoms with E-state index in [2.05, 4.69) is 58.9 Å². The molecule has 134 valence electrons. The first kappa shape index (κ1) is 19.2. The Hall–Kier alpha value is -1.15. The average Bonchev–Trinajstić information content (AvgIpc) is 3.21. The number of hydrogen-bond donors (Lipinski definition) is 1. The van der Waals surface area contributed by atoms with Crippen molar-refractivity contribution in [3.63, 3.8) is 0 Å². The van der Waals surface area contributed by atoms with Crippen LogP contribution in [0.3, 0.4) is 0 Å². The lowest BCUT2D eigenvalue weighted by atomic mass is 9.80. The normalized spacial score (nSPS) is 31.8. The molecule has 0 spiro atoms. The molecule has 4 atom stereocenters. The van der Waals surface area contributed by atoms with Gasteiger partial charge in [0.25, 0.3) is 0 Å². The third-order valence-corrected chi connectivity index (χ3v) is 5.94. The predicted octanol–water partition coefficient (Wildman–Crippen LogP) is 5.32. The van der Waals surface area contributed by atoms with E-state index < -0.39 is 0 Å². The van der Waals surface area contributed by atoms with E-state index in [1.807, 2.05) is 0 Å². The Kier molecular flexibility index (Phi) is 6.62. The van der Waals surface area contributed by atoms with Crippen LogP contribution in [0.5, 0.6) is 0 Å². The molecular formula is C22H36N2. The molecule has 0 aliphatic heterocycles. The summed E-state index contributed by atoms with van der Waals surface area (Å²) in [6, 6.07) is 0. The van der Waals surface area contributed by atoms with Crippen molar-refractivity contribution in [1.82, 2.24) is 0 Å². The summed E-state index contributed by atoms with van der Waals surface area (Å²) >= 11 is 0. The summed E-state index contributed by atoms with van der Waals surface area (Å²) in [5.74, 6) is 1.83. The summed E-state index contributed by atoms with van der Waals surface area (Å²) in [7, 11) is 0. The second-order valence-corrected chi connectivity index (χ2v) is 8.10. The third kappa shape index (κ3) is 4.69. The maximum absolute atomic E-state index is 5.69. The predicted molar refractivity (Wildman–Crippen MR) is 106 cm³/mol. The molecule has 0 heterocycles. The first-order valence-electron chi connectivity index (χ1n) is 9.69. The number of rotatable bonds is 8. The van der Waals surface area contributed by atoms with Gasteiger partial charge in [0, 0.05) is 18.2 Å². The zero-order chi connectivity index (χ0) is 17.7. The van der Waals surface area contributed by atoms with Gasteiger partial charge in [0.2, 0.25) is 0 Å². The first-order valence-corrected chi connectivity index (χ1v) is 9.69. The molecule has 2 N–H and O–H groups in total. The molecule has 2 aliphatic rings. The lowest BCUT2D eigenvalue weighted by Gasteiger charge is -2.25. The van der Waals surface area contributed by atoms with Gasteiger partial charge >= 0.3 is 0 Å². The van der Waals surface area contributed by atoms with Gasteiger partial charge in [-0.05, 0) is 76.3 Å². The maximum atomic E-state index is 5.69. The van der Waals surface area contributed by atoms with Crippen LogP contribution < -0.4 is 5.73 Å². The minimum atomic E-state index is 0.432. The first-order chi connectivity index (χ1) is 11.4. The molecule has 0 aromatic carbocycles. The van der Waals surface area contributed by atoms with Crippen LogP contribution in [0.15, 0.2) is 40.4 Å². The quantitative estimate of drug-likeness (QED) is 0.602. The number of hydrogen-bond acceptors (Lipinski definition) is 2. The van der Waals surface area contributed by atoms with E-state index in [1.54, 1.807) is 0 Å². The number of nitrogens with two attached hydrogens (primary N) is 1. The maximum Gasteiger partial charge on any atom is 0.0381 e. The van der Waals surface area contributed by atoms with E-state index in [0.29, 0.717) is 23.2 Å². The van der Waals surface area contributed by atoms with Crippen LogP contribution in [-0.4, -0.2) is 18.8 Å². The smallest absolute Gasteiger partial charge is 0.0381 e. The molecule has 0 aromatic rings. The molecule has 2 unspecified atom stereocenters. The second-order valence-electron chi connectivity index (χ2n) is 8.10. The third-order valence-electron chi connectivity index (χ3n) is 5.94. The molecule has 2 aliphatic carbocycles. The van der Waals surface area contributed by atoms with E-state index in [0.717, 1.165) is 25.9 Å². The monoisotopic (exact) mass is 328 g/mol. The van der Waals surface area contributed by atoms with Crippen molar-refractivity contribution in [2.24, 2.45) is 33.9 Å². The SMILES string of the molecule is CCN=C(/C=C\C(C)[C@H]1CC=C(C)C=C1C)C1C[C@@]1(C)CCCN. The Morgan fingerprint density at radius 1 is 1.46 bits per heavy atom. The van der Waals surface area contributed by atoms with Crippen LogP contribution in [0.1, 0.15) is 60.3 Å². The second kappa shape index (κ2) is 8.29. The molecule has 1 saturated carbocycles. The standard InChI is InChI=1S/C22H36N2/c1-6-24-21(20-15-22(20,5)12-7-13-23)11-9-17(3)19-10-8-16(2)14-18(19)4/h8-9,11,14,17,19-20H,6-7,10,12-13,15,23H2,1-5H3/b11-9-,24-21?/t17?,19-,20?,22-/m1/s1. The molecule has 0 aromatic heterocycles. The molecule has 2 rings (SSSR count). The van der Waals surface area contributed by atoms with Crippen LogP contribution >= 0.6 is 0 Å². The summed E-state index contributed by atoms with van der Waals surface area (Å²) in [6.07, 6.45) is 14.2. The summed E-state index contributed by atoms with van der Waals surface area (Å²) in [6.45, 7) is 13.0. The van der Waals surface area contributed by atoms with Crippen molar-refractivity contribution in [3.05, 3.63) is 35.5 Å². The number of allylic oxidation sites excluding steroid dienone is 6. The molecule has 0 saturated heterocycles. The molecular weight excluding hydrogens is 292 g/mol. The zero-order valence-electron chi connectivity index (χ0n) is 16.3. The Labute approximate surface area is 149 Å². The molecule has 0 bridgehead atoms. The van der Waals surface area contributed by atoms with Crippen LogP contribution in [0.2, 0.25) is 0 Å². The summed E-state index contributed by atoms with van der Waals surface area (Å²) in [5, 5.41) is 0. The van der Waals surface area contributed by atoms with Gasteiger partial charge in [-0.15, -0.1) is 0 Å². The Morgan fingerprint density at radius 3 is 2.83 bits per heavy atom. The fourth-order valence-corrected chi connectivity index (χ4v) is 4.15. The average molecular weight is 329 g/mol. The van der Waals surface area contributed by atoms with Gasteiger partial charge in [-0.1, -0.05) is 43.2 Å². The van der Waals surface area contributed by atoms with E-state index in [-0.39, 0.29) is 0 Å². The van der Waals surface area contributed by atoms with Crippen molar-refractivity contribution in [3.8, 4) is 0 Å². The number of aliphatic imine (C=N–C) groups is 1. The van der Waals surface area contributed by atoms with E-state index in [1.165, 1.54) is 29.7 Å². The van der Waals surface area contributed by atoms with E-state index in [9.17, 15) is 0 Å². The van der Waals surface area contributed by atoms with Gasteiger partial charge in [-0.3, -0.25) is 4.99 Å². The van der Waals surface area contributed by atoms with Gasteiger partial charge in [0.05, 0.1) is 0 Å². The molecule has 2 nitrogen and oxygen atoms in total. The topological polar surface area (TPSA) is 38.4 Å². The molecule has 1 fully saturated rings. The Bertz CT molecular complexity index is 552. The van der Waals surface area contributed by atoms with Crippen LogP contribution in [0, 0.1) is 23.2 Å². The summed E-state index contributed by atoms with van der Waals surface area (Å²) in [5.41, 5.74) is 10.4. The molecule has 0 amide bonds. The highest BCUT2D eigenvalue weighted by atomic mass is 14.8. The van der Waals surface area contributed by atoms with Crippen molar-refractivity contribution >= 4 is 5.71 Å². The highest BCUT2D eigenvalue weighted by Crippen LogP contribution is 2.56. The van der Waals surface area contributed by atoms with Gasteiger partial charge in [0.15, 0.2) is 0 Å². The molecule has 24 heavy (non-hydrogen) atoms. The van der Waals surface area contributed by atoms with Crippen molar-refractivity contribution < 1.29 is 0 Å². The summed E-state index contributed by atoms with van der Waals surface area (Å²) in [4.78, 5) is 4.81. The molecule has 2 heteroatoms. The lowest BCUT2D eigenvalue weighted by Crippen LogP contribution is -2.14. The lowest BCUT2D eigenvalue weighted by molar-refractivity contribution is 0.479. The highest BCUT2D eigenvalue weighted by Gasteiger charge is 2.51. The van der Waals surface area contributed by atoms with Crippen molar-refractivity contribution in [2.75, 3.05) is 13.1 Å². The zero-order valence-corrected chi connectivity index (χ0v) is 16.3. The van der Waals surface area contributed by atoms with E-state index in [4.69, 9.17) is 10.7 Å². The summed E-state index contributed by atoms with van der Waals surface area (Å²) < 4.78 is 0. The minimum Gasteiger partial charge on any atom is -0.330 e. The van der Waals surface area contributed by atoms with Gasteiger partial charge < -0.3 is 5.73 Å². The fourth-order valence-electron chi connectivity index (χ4n) is 4.15. The van der Waals surface area contributed by atoms with Crippen molar-refractivity contribution in [1.29, 1.82) is 0 Å². The fraction of sp³-hybridized carbons (Fsp3) is 0.682. The largest absolute Gasteiger partial charge is 0.330 e. The van der Waals surface area contributed by atoms with Gasteiger partial charge in [-0.2, -0.15) is 0 Å². The van der Waals surface area contributed by atoms with Gasteiger partial charge in [-0.25, -0.2) is 0 Å². The minimum absolute atomic E-state index is 0.432. The van der Waals surface area contributed by atoms with Crippen LogP contribution in [0.4, 0.5) is 0 Å².